The van der Waals surface area contributed by atoms with Gasteiger partial charge in [0.25, 0.3) is 0 Å². The number of halogens is 1. The van der Waals surface area contributed by atoms with Crippen molar-refractivity contribution in [2.24, 2.45) is 0 Å². The van der Waals surface area contributed by atoms with Gasteiger partial charge in [-0.15, -0.1) is 0 Å². The van der Waals surface area contributed by atoms with Gasteiger partial charge < -0.3 is 5.32 Å². The normalized spacial score (nSPS) is 26.4. The highest BCUT2D eigenvalue weighted by molar-refractivity contribution is 6.30. The highest BCUT2D eigenvalue weighted by Gasteiger charge is 2.25. The Bertz CT molecular complexity index is 340. The number of hydrogen-bond acceptors (Lipinski definition) is 1. The minimum Gasteiger partial charge on any atom is -0.311 e. The largest absolute Gasteiger partial charge is 0.311 e. The monoisotopic (exact) mass is 237 g/mol. The van der Waals surface area contributed by atoms with Crippen LogP contribution in [0.4, 0.5) is 0 Å². The fourth-order valence-corrected chi connectivity index (χ4v) is 2.76. The van der Waals surface area contributed by atoms with Crippen LogP contribution in [0.2, 0.25) is 5.02 Å². The van der Waals surface area contributed by atoms with E-state index >= 15 is 0 Å². The molecule has 1 aliphatic heterocycles. The Morgan fingerprint density at radius 2 is 2.19 bits per heavy atom. The first kappa shape index (κ1) is 11.9. The third kappa shape index (κ3) is 3.23. The third-order valence-corrected chi connectivity index (χ3v) is 3.68. The fourth-order valence-electron chi connectivity index (χ4n) is 2.54. The summed E-state index contributed by atoms with van der Waals surface area (Å²) < 4.78 is 0. The van der Waals surface area contributed by atoms with Gasteiger partial charge in [0.2, 0.25) is 0 Å². The van der Waals surface area contributed by atoms with Crippen molar-refractivity contribution in [2.45, 2.75) is 44.6 Å². The predicted molar refractivity (Wildman–Crippen MR) is 70.0 cm³/mol. The standard InChI is InChI=1S/C14H20ClN/c1-14(8-3-2-4-9-16-14)11-12-6-5-7-13(15)10-12/h5-7,10,16H,2-4,8-9,11H2,1H3. The molecule has 1 saturated heterocycles. The minimum atomic E-state index is 0.251. The summed E-state index contributed by atoms with van der Waals surface area (Å²) in [4.78, 5) is 0. The molecule has 0 radical (unpaired) electrons. The van der Waals surface area contributed by atoms with Gasteiger partial charge in [-0.3, -0.25) is 0 Å². The van der Waals surface area contributed by atoms with Crippen molar-refractivity contribution in [1.82, 2.24) is 5.32 Å². The van der Waals surface area contributed by atoms with Crippen LogP contribution < -0.4 is 5.32 Å². The van der Waals surface area contributed by atoms with Gasteiger partial charge in [-0.1, -0.05) is 36.6 Å². The fraction of sp³-hybridized carbons (Fsp3) is 0.571. The lowest BCUT2D eigenvalue weighted by molar-refractivity contribution is 0.345. The van der Waals surface area contributed by atoms with E-state index in [2.05, 4.69) is 24.4 Å². The average Bonchev–Trinajstić information content (AvgIpc) is 2.43. The van der Waals surface area contributed by atoms with E-state index in [1.54, 1.807) is 0 Å². The summed E-state index contributed by atoms with van der Waals surface area (Å²) in [5, 5.41) is 4.53. The van der Waals surface area contributed by atoms with E-state index in [4.69, 9.17) is 11.6 Å². The van der Waals surface area contributed by atoms with Crippen molar-refractivity contribution in [1.29, 1.82) is 0 Å². The zero-order valence-corrected chi connectivity index (χ0v) is 10.7. The third-order valence-electron chi connectivity index (χ3n) is 3.44. The molecule has 1 heterocycles. The molecule has 1 N–H and O–H groups in total. The minimum absolute atomic E-state index is 0.251. The lowest BCUT2D eigenvalue weighted by Crippen LogP contribution is -2.43. The summed E-state index contributed by atoms with van der Waals surface area (Å²) in [5.41, 5.74) is 1.59. The lowest BCUT2D eigenvalue weighted by atomic mass is 9.88. The molecule has 2 heteroatoms. The van der Waals surface area contributed by atoms with Crippen molar-refractivity contribution in [3.8, 4) is 0 Å². The summed E-state index contributed by atoms with van der Waals surface area (Å²) in [6, 6.07) is 8.23. The van der Waals surface area contributed by atoms with Crippen LogP contribution in [-0.4, -0.2) is 12.1 Å². The van der Waals surface area contributed by atoms with Gasteiger partial charge in [0.15, 0.2) is 0 Å². The molecule has 1 aromatic rings. The van der Waals surface area contributed by atoms with Gasteiger partial charge in [-0.25, -0.2) is 0 Å². The maximum absolute atomic E-state index is 6.02. The molecule has 1 nitrogen and oxygen atoms in total. The summed E-state index contributed by atoms with van der Waals surface area (Å²) >= 11 is 6.02. The van der Waals surface area contributed by atoms with Gasteiger partial charge in [-0.05, 0) is 50.4 Å². The first-order valence-electron chi connectivity index (χ1n) is 6.17. The van der Waals surface area contributed by atoms with Crippen molar-refractivity contribution in [2.75, 3.05) is 6.54 Å². The molecule has 88 valence electrons. The SMILES string of the molecule is CC1(Cc2cccc(Cl)c2)CCCCCN1. The second-order valence-corrected chi connectivity index (χ2v) is 5.54. The molecule has 0 aromatic heterocycles. The Hall–Kier alpha value is -0.530. The first-order valence-corrected chi connectivity index (χ1v) is 6.55. The van der Waals surface area contributed by atoms with E-state index in [-0.39, 0.29) is 5.54 Å². The molecule has 2 rings (SSSR count). The molecule has 0 saturated carbocycles. The Balaban J connectivity index is 2.06. The van der Waals surface area contributed by atoms with Crippen LogP contribution >= 0.6 is 11.6 Å². The van der Waals surface area contributed by atoms with Crippen molar-refractivity contribution < 1.29 is 0 Å². The molecule has 0 spiro atoms. The van der Waals surface area contributed by atoms with Crippen molar-refractivity contribution >= 4 is 11.6 Å². The van der Waals surface area contributed by atoms with Crippen molar-refractivity contribution in [3.05, 3.63) is 34.9 Å². The maximum Gasteiger partial charge on any atom is 0.0408 e. The topological polar surface area (TPSA) is 12.0 Å². The Morgan fingerprint density at radius 3 is 3.00 bits per heavy atom. The van der Waals surface area contributed by atoms with Crippen molar-refractivity contribution in [3.63, 3.8) is 0 Å². The Kier molecular flexibility index (Phi) is 3.88. The van der Waals surface area contributed by atoms with Gasteiger partial charge in [0.05, 0.1) is 0 Å². The van der Waals surface area contributed by atoms with Gasteiger partial charge in [0, 0.05) is 10.6 Å². The second-order valence-electron chi connectivity index (χ2n) is 5.10. The highest BCUT2D eigenvalue weighted by atomic mass is 35.5. The van der Waals surface area contributed by atoms with Crippen LogP contribution in [0.15, 0.2) is 24.3 Å². The second kappa shape index (κ2) is 5.20. The van der Waals surface area contributed by atoms with Gasteiger partial charge >= 0.3 is 0 Å². The Morgan fingerprint density at radius 1 is 1.31 bits per heavy atom. The zero-order chi connectivity index (χ0) is 11.4. The highest BCUT2D eigenvalue weighted by Crippen LogP contribution is 2.24. The molecule has 0 amide bonds. The van der Waals surface area contributed by atoms with E-state index < -0.39 is 0 Å². The van der Waals surface area contributed by atoms with Gasteiger partial charge in [-0.2, -0.15) is 0 Å². The van der Waals surface area contributed by atoms with E-state index in [1.807, 2.05) is 12.1 Å². The van der Waals surface area contributed by atoms with Crippen LogP contribution in [0, 0.1) is 0 Å². The first-order chi connectivity index (χ1) is 7.68. The number of nitrogens with one attached hydrogen (secondary N) is 1. The Labute approximate surface area is 103 Å². The molecule has 1 atom stereocenters. The molecule has 1 unspecified atom stereocenters. The lowest BCUT2D eigenvalue weighted by Gasteiger charge is -2.29. The molecular weight excluding hydrogens is 218 g/mol. The van der Waals surface area contributed by atoms with E-state index in [1.165, 1.54) is 31.2 Å². The van der Waals surface area contributed by atoms with E-state index in [0.29, 0.717) is 0 Å². The number of rotatable bonds is 2. The van der Waals surface area contributed by atoms with Crippen LogP contribution in [-0.2, 0) is 6.42 Å². The molecule has 0 bridgehead atoms. The van der Waals surface area contributed by atoms with E-state index in [9.17, 15) is 0 Å². The average molecular weight is 238 g/mol. The molecule has 0 aliphatic carbocycles. The summed E-state index contributed by atoms with van der Waals surface area (Å²) in [6.45, 7) is 3.48. The molecular formula is C14H20ClN. The quantitative estimate of drug-likeness (QED) is 0.825. The van der Waals surface area contributed by atoms with Gasteiger partial charge in [0.1, 0.15) is 0 Å². The predicted octanol–water partition coefficient (Wildman–Crippen LogP) is 3.80. The van der Waals surface area contributed by atoms with E-state index in [0.717, 1.165) is 18.0 Å². The number of hydrogen-bond donors (Lipinski definition) is 1. The summed E-state index contributed by atoms with van der Waals surface area (Å²) in [5.74, 6) is 0. The smallest absolute Gasteiger partial charge is 0.0408 e. The molecule has 1 aliphatic rings. The van der Waals surface area contributed by atoms with Crippen LogP contribution in [0.5, 0.6) is 0 Å². The van der Waals surface area contributed by atoms with Crippen LogP contribution in [0.1, 0.15) is 38.2 Å². The molecule has 16 heavy (non-hydrogen) atoms. The summed E-state index contributed by atoms with van der Waals surface area (Å²) in [7, 11) is 0. The molecule has 1 aromatic carbocycles. The molecule has 1 fully saturated rings. The maximum atomic E-state index is 6.02. The summed E-state index contributed by atoms with van der Waals surface area (Å²) in [6.07, 6.45) is 6.35. The van der Waals surface area contributed by atoms with Crippen LogP contribution in [0.25, 0.3) is 0 Å². The zero-order valence-electron chi connectivity index (χ0n) is 9.93. The number of benzene rings is 1. The van der Waals surface area contributed by atoms with Crippen LogP contribution in [0.3, 0.4) is 0 Å².